The standard InChI is InChI=1S/C10H14N6O2S2/c1-6(2)8-5-19-10(14-8)16-20(17,18)7-3-12-9(15-11)13-4-7/h3-6H,11H2,1-2H3,(H,14,16)(H,12,13,15). The van der Waals surface area contributed by atoms with E-state index in [9.17, 15) is 8.42 Å². The summed E-state index contributed by atoms with van der Waals surface area (Å²) in [7, 11) is -3.75. The maximum Gasteiger partial charge on any atom is 0.266 e. The highest BCUT2D eigenvalue weighted by Crippen LogP contribution is 2.23. The van der Waals surface area contributed by atoms with E-state index in [1.165, 1.54) is 23.7 Å². The topological polar surface area (TPSA) is 123 Å². The van der Waals surface area contributed by atoms with Crippen molar-refractivity contribution in [2.24, 2.45) is 5.84 Å². The van der Waals surface area contributed by atoms with Gasteiger partial charge in [-0.25, -0.2) is 29.2 Å². The number of nitrogens with one attached hydrogen (secondary N) is 2. The molecular weight excluding hydrogens is 300 g/mol. The second-order valence-electron chi connectivity index (χ2n) is 4.22. The van der Waals surface area contributed by atoms with Crippen molar-refractivity contribution in [2.75, 3.05) is 10.1 Å². The van der Waals surface area contributed by atoms with Crippen molar-refractivity contribution in [1.29, 1.82) is 0 Å². The molecule has 2 aromatic rings. The van der Waals surface area contributed by atoms with Crippen molar-refractivity contribution < 1.29 is 8.42 Å². The molecule has 0 unspecified atom stereocenters. The highest BCUT2D eigenvalue weighted by molar-refractivity contribution is 7.93. The summed E-state index contributed by atoms with van der Waals surface area (Å²) in [6.45, 7) is 3.97. The Labute approximate surface area is 120 Å². The quantitative estimate of drug-likeness (QED) is 0.558. The van der Waals surface area contributed by atoms with Gasteiger partial charge in [0, 0.05) is 5.38 Å². The molecule has 2 aromatic heterocycles. The molecule has 108 valence electrons. The van der Waals surface area contributed by atoms with Crippen LogP contribution < -0.4 is 16.0 Å². The minimum Gasteiger partial charge on any atom is -0.292 e. The minimum atomic E-state index is -3.75. The SMILES string of the molecule is CC(C)c1csc(NS(=O)(=O)c2cnc(NN)nc2)n1. The Hall–Kier alpha value is -1.78. The van der Waals surface area contributed by atoms with E-state index in [0.29, 0.717) is 5.13 Å². The van der Waals surface area contributed by atoms with Gasteiger partial charge in [-0.3, -0.25) is 10.1 Å². The Morgan fingerprint density at radius 3 is 2.45 bits per heavy atom. The van der Waals surface area contributed by atoms with Crippen molar-refractivity contribution in [3.05, 3.63) is 23.5 Å². The fourth-order valence-electron chi connectivity index (χ4n) is 1.30. The number of hydrogen-bond acceptors (Lipinski definition) is 8. The lowest BCUT2D eigenvalue weighted by Crippen LogP contribution is -2.15. The van der Waals surface area contributed by atoms with Gasteiger partial charge in [0.25, 0.3) is 10.0 Å². The lowest BCUT2D eigenvalue weighted by Gasteiger charge is -2.05. The van der Waals surface area contributed by atoms with Crippen LogP contribution in [0.2, 0.25) is 0 Å². The molecule has 4 N–H and O–H groups in total. The summed E-state index contributed by atoms with van der Waals surface area (Å²) in [5, 5.41) is 2.13. The molecule has 0 saturated heterocycles. The van der Waals surface area contributed by atoms with Crippen LogP contribution in [-0.2, 0) is 10.0 Å². The predicted octanol–water partition coefficient (Wildman–Crippen LogP) is 1.14. The summed E-state index contributed by atoms with van der Waals surface area (Å²) in [5.41, 5.74) is 3.06. The number of nitrogens with two attached hydrogens (primary N) is 1. The average Bonchev–Trinajstić information content (AvgIpc) is 2.87. The smallest absolute Gasteiger partial charge is 0.266 e. The van der Waals surface area contributed by atoms with E-state index in [1.807, 2.05) is 19.2 Å². The van der Waals surface area contributed by atoms with Crippen LogP contribution in [0.1, 0.15) is 25.5 Å². The lowest BCUT2D eigenvalue weighted by atomic mass is 10.2. The third kappa shape index (κ3) is 3.21. The zero-order chi connectivity index (χ0) is 14.8. The highest BCUT2D eigenvalue weighted by Gasteiger charge is 2.17. The van der Waals surface area contributed by atoms with Crippen LogP contribution in [0.25, 0.3) is 0 Å². The number of nitrogen functional groups attached to an aromatic ring is 1. The lowest BCUT2D eigenvalue weighted by molar-refractivity contribution is 0.600. The number of thiazole rings is 1. The first-order valence-corrected chi connectivity index (χ1v) is 8.05. The molecule has 2 rings (SSSR count). The Kier molecular flexibility index (Phi) is 4.16. The summed E-state index contributed by atoms with van der Waals surface area (Å²) in [6.07, 6.45) is 2.34. The number of hydrogen-bond donors (Lipinski definition) is 3. The molecule has 0 saturated carbocycles. The molecule has 20 heavy (non-hydrogen) atoms. The number of rotatable bonds is 5. The number of nitrogens with zero attached hydrogens (tertiary/aromatic N) is 3. The van der Waals surface area contributed by atoms with Gasteiger partial charge in [0.15, 0.2) is 5.13 Å². The van der Waals surface area contributed by atoms with E-state index in [4.69, 9.17) is 5.84 Å². The number of sulfonamides is 1. The van der Waals surface area contributed by atoms with Gasteiger partial charge in [0.1, 0.15) is 4.90 Å². The van der Waals surface area contributed by atoms with Crippen LogP contribution in [0.3, 0.4) is 0 Å². The molecule has 0 aliphatic heterocycles. The van der Waals surface area contributed by atoms with E-state index in [-0.39, 0.29) is 16.8 Å². The van der Waals surface area contributed by atoms with E-state index in [1.54, 1.807) is 0 Å². The van der Waals surface area contributed by atoms with Crippen LogP contribution in [0, 0.1) is 0 Å². The second kappa shape index (κ2) is 5.69. The van der Waals surface area contributed by atoms with E-state index in [0.717, 1.165) is 5.69 Å². The maximum atomic E-state index is 12.1. The van der Waals surface area contributed by atoms with Gasteiger partial charge >= 0.3 is 0 Å². The number of aromatic nitrogens is 3. The summed E-state index contributed by atoms with van der Waals surface area (Å²) >= 11 is 1.23. The van der Waals surface area contributed by atoms with Crippen molar-refractivity contribution in [2.45, 2.75) is 24.7 Å². The van der Waals surface area contributed by atoms with Crippen molar-refractivity contribution >= 4 is 32.4 Å². The third-order valence-corrected chi connectivity index (χ3v) is 4.60. The molecule has 0 aromatic carbocycles. The first-order valence-electron chi connectivity index (χ1n) is 5.69. The number of hydrazine groups is 1. The molecule has 8 nitrogen and oxygen atoms in total. The normalized spacial score (nSPS) is 11.6. The van der Waals surface area contributed by atoms with E-state index < -0.39 is 10.0 Å². The third-order valence-electron chi connectivity index (χ3n) is 2.40. The van der Waals surface area contributed by atoms with Crippen LogP contribution >= 0.6 is 11.3 Å². The molecule has 0 aliphatic rings. The van der Waals surface area contributed by atoms with Crippen molar-refractivity contribution in [1.82, 2.24) is 15.0 Å². The number of anilines is 2. The molecule has 10 heteroatoms. The predicted molar refractivity (Wildman–Crippen MR) is 76.9 cm³/mol. The minimum absolute atomic E-state index is 0.0576. The first-order chi connectivity index (χ1) is 9.42. The van der Waals surface area contributed by atoms with Crippen LogP contribution in [0.5, 0.6) is 0 Å². The highest BCUT2D eigenvalue weighted by atomic mass is 32.2. The molecule has 0 aliphatic carbocycles. The fraction of sp³-hybridized carbons (Fsp3) is 0.300. The summed E-state index contributed by atoms with van der Waals surface area (Å²) in [6, 6.07) is 0. The molecule has 0 atom stereocenters. The van der Waals surface area contributed by atoms with Crippen LogP contribution in [0.4, 0.5) is 11.1 Å². The zero-order valence-electron chi connectivity index (χ0n) is 10.9. The van der Waals surface area contributed by atoms with Gasteiger partial charge < -0.3 is 0 Å². The first kappa shape index (κ1) is 14.6. The van der Waals surface area contributed by atoms with Crippen LogP contribution in [-0.4, -0.2) is 23.4 Å². The van der Waals surface area contributed by atoms with Gasteiger partial charge in [-0.15, -0.1) is 11.3 Å². The monoisotopic (exact) mass is 314 g/mol. The van der Waals surface area contributed by atoms with E-state index >= 15 is 0 Å². The van der Waals surface area contributed by atoms with Gasteiger partial charge in [0.2, 0.25) is 5.95 Å². The molecule has 0 bridgehead atoms. The molecule has 2 heterocycles. The average molecular weight is 314 g/mol. The van der Waals surface area contributed by atoms with Crippen molar-refractivity contribution in [3.8, 4) is 0 Å². The largest absolute Gasteiger partial charge is 0.292 e. The molecule has 0 fully saturated rings. The molecule has 0 radical (unpaired) electrons. The Morgan fingerprint density at radius 2 is 1.95 bits per heavy atom. The Bertz CT molecular complexity index is 680. The van der Waals surface area contributed by atoms with Crippen LogP contribution in [0.15, 0.2) is 22.7 Å². The molecule has 0 amide bonds. The van der Waals surface area contributed by atoms with Gasteiger partial charge in [-0.2, -0.15) is 0 Å². The summed E-state index contributed by atoms with van der Waals surface area (Å²) < 4.78 is 26.6. The molecule has 0 spiro atoms. The Balaban J connectivity index is 2.21. The second-order valence-corrected chi connectivity index (χ2v) is 6.76. The zero-order valence-corrected chi connectivity index (χ0v) is 12.5. The van der Waals surface area contributed by atoms with Gasteiger partial charge in [0.05, 0.1) is 18.1 Å². The van der Waals surface area contributed by atoms with E-state index in [2.05, 4.69) is 25.1 Å². The summed E-state index contributed by atoms with van der Waals surface area (Å²) in [5.74, 6) is 5.49. The Morgan fingerprint density at radius 1 is 1.30 bits per heavy atom. The van der Waals surface area contributed by atoms with Gasteiger partial charge in [-0.1, -0.05) is 13.8 Å². The van der Waals surface area contributed by atoms with Gasteiger partial charge in [-0.05, 0) is 5.92 Å². The molecular formula is C10H14N6O2S2. The van der Waals surface area contributed by atoms with Crippen molar-refractivity contribution in [3.63, 3.8) is 0 Å². The fourth-order valence-corrected chi connectivity index (χ4v) is 3.31. The maximum absolute atomic E-state index is 12.1. The summed E-state index contributed by atoms with van der Waals surface area (Å²) in [4.78, 5) is 11.7.